The highest BCUT2D eigenvalue weighted by Gasteiger charge is 2.22. The van der Waals surface area contributed by atoms with E-state index in [1.54, 1.807) is 12.1 Å². The second-order valence-electron chi connectivity index (χ2n) is 4.54. The van der Waals surface area contributed by atoms with E-state index >= 15 is 0 Å². The molecule has 1 fully saturated rings. The normalized spacial score (nSPS) is 21.2. The van der Waals surface area contributed by atoms with E-state index in [1.165, 1.54) is 12.1 Å². The Kier molecular flexibility index (Phi) is 3.22. The Bertz CT molecular complexity index is 374. The van der Waals surface area contributed by atoms with Crippen molar-refractivity contribution in [2.45, 2.75) is 26.3 Å². The molecule has 16 heavy (non-hydrogen) atoms. The predicted molar refractivity (Wildman–Crippen MR) is 60.2 cm³/mol. The van der Waals surface area contributed by atoms with Gasteiger partial charge in [0.1, 0.15) is 5.82 Å². The van der Waals surface area contributed by atoms with Gasteiger partial charge in [0.05, 0.1) is 0 Å². The van der Waals surface area contributed by atoms with E-state index in [0.29, 0.717) is 18.9 Å². The largest absolute Gasteiger partial charge is 0.338 e. The van der Waals surface area contributed by atoms with Crippen molar-refractivity contribution in [3.05, 3.63) is 35.6 Å². The molecule has 86 valence electrons. The molecule has 1 aromatic rings. The fourth-order valence-electron chi connectivity index (χ4n) is 2.06. The van der Waals surface area contributed by atoms with Gasteiger partial charge in [-0.3, -0.25) is 4.79 Å². The van der Waals surface area contributed by atoms with Crippen molar-refractivity contribution in [3.63, 3.8) is 0 Å². The monoisotopic (exact) mass is 221 g/mol. The minimum Gasteiger partial charge on any atom is -0.338 e. The highest BCUT2D eigenvalue weighted by Crippen LogP contribution is 2.19. The van der Waals surface area contributed by atoms with E-state index in [-0.39, 0.29) is 11.7 Å². The molecule has 3 heteroatoms. The van der Waals surface area contributed by atoms with Crippen molar-refractivity contribution >= 4 is 5.91 Å². The summed E-state index contributed by atoms with van der Waals surface area (Å²) >= 11 is 0. The fraction of sp³-hybridized carbons (Fsp3) is 0.462. The number of benzene rings is 1. The van der Waals surface area contributed by atoms with Gasteiger partial charge in [-0.15, -0.1) is 0 Å². The Balaban J connectivity index is 2.02. The smallest absolute Gasteiger partial charge is 0.222 e. The lowest BCUT2D eigenvalue weighted by atomic mass is 9.99. The lowest BCUT2D eigenvalue weighted by Gasteiger charge is -2.30. The summed E-state index contributed by atoms with van der Waals surface area (Å²) in [5, 5.41) is 0. The molecule has 0 radical (unpaired) electrons. The maximum Gasteiger partial charge on any atom is 0.222 e. The summed E-state index contributed by atoms with van der Waals surface area (Å²) in [4.78, 5) is 13.5. The molecule has 2 nitrogen and oxygen atoms in total. The molecule has 0 saturated carbocycles. The number of piperidine rings is 1. The first-order valence-corrected chi connectivity index (χ1v) is 5.67. The third-order valence-electron chi connectivity index (χ3n) is 3.02. The fourth-order valence-corrected chi connectivity index (χ4v) is 2.06. The molecule has 1 atom stereocenters. The first-order chi connectivity index (χ1) is 7.65. The summed E-state index contributed by atoms with van der Waals surface area (Å²) in [5.74, 6) is 0.544. The first kappa shape index (κ1) is 11.1. The average molecular weight is 221 g/mol. The number of hydrogen-bond donors (Lipinski definition) is 0. The maximum absolute atomic E-state index is 12.7. The Morgan fingerprint density at radius 1 is 1.38 bits per heavy atom. The van der Waals surface area contributed by atoms with Gasteiger partial charge in [-0.1, -0.05) is 19.1 Å². The van der Waals surface area contributed by atoms with Crippen LogP contribution in [-0.4, -0.2) is 17.4 Å². The van der Waals surface area contributed by atoms with Crippen LogP contribution in [0.4, 0.5) is 4.39 Å². The number of rotatable bonds is 2. The Morgan fingerprint density at radius 2 is 2.06 bits per heavy atom. The van der Waals surface area contributed by atoms with Crippen LogP contribution < -0.4 is 0 Å². The van der Waals surface area contributed by atoms with Crippen LogP contribution in [0, 0.1) is 11.7 Å². The van der Waals surface area contributed by atoms with Gasteiger partial charge in [0.25, 0.3) is 0 Å². The molecule has 1 amide bonds. The summed E-state index contributed by atoms with van der Waals surface area (Å²) in [6.45, 7) is 3.57. The molecule has 1 aromatic carbocycles. The molecule has 0 spiro atoms. The van der Waals surface area contributed by atoms with E-state index in [9.17, 15) is 9.18 Å². The Morgan fingerprint density at radius 3 is 2.75 bits per heavy atom. The van der Waals surface area contributed by atoms with Gasteiger partial charge in [-0.05, 0) is 30.0 Å². The summed E-state index contributed by atoms with van der Waals surface area (Å²) < 4.78 is 12.7. The molecule has 0 bridgehead atoms. The van der Waals surface area contributed by atoms with Gasteiger partial charge in [0, 0.05) is 19.5 Å². The van der Waals surface area contributed by atoms with Crippen LogP contribution in [0.25, 0.3) is 0 Å². The van der Waals surface area contributed by atoms with Crippen molar-refractivity contribution in [3.8, 4) is 0 Å². The number of amides is 1. The molecule has 0 aromatic heterocycles. The number of carbonyl (C=O) groups excluding carboxylic acids is 1. The van der Waals surface area contributed by atoms with E-state index in [2.05, 4.69) is 6.92 Å². The van der Waals surface area contributed by atoms with Crippen molar-refractivity contribution in [2.24, 2.45) is 5.92 Å². The van der Waals surface area contributed by atoms with E-state index in [0.717, 1.165) is 18.5 Å². The average Bonchev–Trinajstić information content (AvgIpc) is 2.27. The summed E-state index contributed by atoms with van der Waals surface area (Å²) in [5.41, 5.74) is 0.990. The zero-order chi connectivity index (χ0) is 11.5. The number of nitrogens with zero attached hydrogens (tertiary/aromatic N) is 1. The van der Waals surface area contributed by atoms with Gasteiger partial charge in [0.15, 0.2) is 0 Å². The third kappa shape index (κ3) is 2.60. The molecule has 1 heterocycles. The second kappa shape index (κ2) is 4.64. The van der Waals surface area contributed by atoms with Crippen LogP contribution in [0.2, 0.25) is 0 Å². The molecule has 0 N–H and O–H groups in total. The SMILES string of the molecule is C[C@H]1CCC(=O)N(Cc2ccc(F)cc2)C1. The minimum atomic E-state index is -0.234. The molecule has 0 aliphatic carbocycles. The summed E-state index contributed by atoms with van der Waals surface area (Å²) in [7, 11) is 0. The van der Waals surface area contributed by atoms with Crippen molar-refractivity contribution < 1.29 is 9.18 Å². The van der Waals surface area contributed by atoms with Gasteiger partial charge >= 0.3 is 0 Å². The van der Waals surface area contributed by atoms with Crippen LogP contribution in [0.15, 0.2) is 24.3 Å². The number of hydrogen-bond acceptors (Lipinski definition) is 1. The second-order valence-corrected chi connectivity index (χ2v) is 4.54. The minimum absolute atomic E-state index is 0.211. The lowest BCUT2D eigenvalue weighted by molar-refractivity contribution is -0.135. The van der Waals surface area contributed by atoms with Crippen LogP contribution in [-0.2, 0) is 11.3 Å². The molecular weight excluding hydrogens is 205 g/mol. The number of likely N-dealkylation sites (tertiary alicyclic amines) is 1. The van der Waals surface area contributed by atoms with E-state index < -0.39 is 0 Å². The predicted octanol–water partition coefficient (Wildman–Crippen LogP) is 2.58. The zero-order valence-electron chi connectivity index (χ0n) is 9.45. The first-order valence-electron chi connectivity index (χ1n) is 5.67. The van der Waals surface area contributed by atoms with Gasteiger partial charge in [0.2, 0.25) is 5.91 Å². The Hall–Kier alpha value is -1.38. The van der Waals surface area contributed by atoms with E-state index in [1.807, 2.05) is 4.90 Å². The molecule has 2 rings (SSSR count). The highest BCUT2D eigenvalue weighted by atomic mass is 19.1. The summed E-state index contributed by atoms with van der Waals surface area (Å²) in [6.07, 6.45) is 1.63. The number of carbonyl (C=O) groups is 1. The van der Waals surface area contributed by atoms with Gasteiger partial charge in [-0.25, -0.2) is 4.39 Å². The molecule has 1 aliphatic rings. The van der Waals surface area contributed by atoms with Crippen LogP contribution in [0.5, 0.6) is 0 Å². The quantitative estimate of drug-likeness (QED) is 0.751. The molecular formula is C13H16FNO. The van der Waals surface area contributed by atoms with Crippen molar-refractivity contribution in [1.82, 2.24) is 4.90 Å². The van der Waals surface area contributed by atoms with Crippen LogP contribution >= 0.6 is 0 Å². The van der Waals surface area contributed by atoms with E-state index in [4.69, 9.17) is 0 Å². The Labute approximate surface area is 95.1 Å². The van der Waals surface area contributed by atoms with Gasteiger partial charge < -0.3 is 4.90 Å². The van der Waals surface area contributed by atoms with Crippen LogP contribution in [0.1, 0.15) is 25.3 Å². The summed E-state index contributed by atoms with van der Waals surface area (Å²) in [6, 6.07) is 6.35. The molecule has 1 saturated heterocycles. The molecule has 0 unspecified atom stereocenters. The molecule has 1 aliphatic heterocycles. The zero-order valence-corrected chi connectivity index (χ0v) is 9.45. The van der Waals surface area contributed by atoms with Crippen LogP contribution in [0.3, 0.4) is 0 Å². The number of halogens is 1. The lowest BCUT2D eigenvalue weighted by Crippen LogP contribution is -2.38. The third-order valence-corrected chi connectivity index (χ3v) is 3.02. The highest BCUT2D eigenvalue weighted by molar-refractivity contribution is 5.76. The van der Waals surface area contributed by atoms with Gasteiger partial charge in [-0.2, -0.15) is 0 Å². The van der Waals surface area contributed by atoms with Crippen molar-refractivity contribution in [2.75, 3.05) is 6.54 Å². The standard InChI is InChI=1S/C13H16FNO/c1-10-2-7-13(16)15(8-10)9-11-3-5-12(14)6-4-11/h3-6,10H,2,7-9H2,1H3/t10-/m0/s1. The van der Waals surface area contributed by atoms with Crippen molar-refractivity contribution in [1.29, 1.82) is 0 Å². The maximum atomic E-state index is 12.7. The topological polar surface area (TPSA) is 20.3 Å².